The summed E-state index contributed by atoms with van der Waals surface area (Å²) in [6.07, 6.45) is 13.1. The highest BCUT2D eigenvalue weighted by Gasteiger charge is 2.29. The summed E-state index contributed by atoms with van der Waals surface area (Å²) in [5.74, 6) is 0. The molecule has 0 amide bonds. The first-order chi connectivity index (χ1) is 34.2. The zero-order valence-corrected chi connectivity index (χ0v) is 56.9. The van der Waals surface area contributed by atoms with Crippen LogP contribution in [-0.2, 0) is 76.4 Å². The minimum Gasteiger partial charge on any atom is -0.0683 e. The van der Waals surface area contributed by atoms with Crippen LogP contribution in [0.1, 0.15) is 326 Å². The van der Waals surface area contributed by atoms with E-state index < -0.39 is 0 Å². The summed E-state index contributed by atoms with van der Waals surface area (Å²) >= 11 is 0. The molecule has 0 heteroatoms. The molecule has 0 fully saturated rings. The third kappa shape index (κ3) is 25.5. The lowest BCUT2D eigenvalue weighted by atomic mass is 9.72. The highest BCUT2D eigenvalue weighted by molar-refractivity contribution is 5.50. The molecular formula is C75H130. The number of hydrogen-bond acceptors (Lipinski definition) is 0. The van der Waals surface area contributed by atoms with Gasteiger partial charge in [0.25, 0.3) is 0 Å². The summed E-state index contributed by atoms with van der Waals surface area (Å²) in [5.41, 5.74) is 22.8. The average Bonchev–Trinajstić information content (AvgIpc) is 4.00. The summed E-state index contributed by atoms with van der Waals surface area (Å²) in [4.78, 5) is 0. The Bertz CT molecular complexity index is 2050. The second-order valence-electron chi connectivity index (χ2n) is 29.5. The lowest BCUT2D eigenvalue weighted by molar-refractivity contribution is 0.469. The molecule has 0 saturated heterocycles. The van der Waals surface area contributed by atoms with Crippen LogP contribution < -0.4 is 0 Å². The van der Waals surface area contributed by atoms with Gasteiger partial charge in [0.2, 0.25) is 0 Å². The third-order valence-corrected chi connectivity index (χ3v) is 13.6. The van der Waals surface area contributed by atoms with Gasteiger partial charge in [0.15, 0.2) is 0 Å². The molecule has 430 valence electrons. The molecule has 7 rings (SSSR count). The second-order valence-corrected chi connectivity index (χ2v) is 29.5. The second kappa shape index (κ2) is 31.5. The van der Waals surface area contributed by atoms with Crippen LogP contribution in [0.15, 0.2) is 66.7 Å². The smallest absolute Gasteiger partial charge is 0.0129 e. The fourth-order valence-corrected chi connectivity index (χ4v) is 9.89. The van der Waals surface area contributed by atoms with E-state index in [1.54, 1.807) is 55.6 Å². The molecule has 3 aliphatic rings. The molecule has 3 aliphatic carbocycles. The largest absolute Gasteiger partial charge is 0.0683 e. The van der Waals surface area contributed by atoms with Crippen LogP contribution in [0, 0.1) is 5.41 Å². The average molecular weight is 1030 g/mol. The Hall–Kier alpha value is -3.12. The Balaban J connectivity index is 0. The number of rotatable bonds is 0. The van der Waals surface area contributed by atoms with Crippen LogP contribution in [-0.4, -0.2) is 0 Å². The number of benzene rings is 4. The van der Waals surface area contributed by atoms with Gasteiger partial charge in [-0.05, 0) is 180 Å². The van der Waals surface area contributed by atoms with Crippen molar-refractivity contribution < 1.29 is 0 Å². The molecule has 4 aromatic carbocycles. The van der Waals surface area contributed by atoms with Crippen molar-refractivity contribution in [3.8, 4) is 0 Å². The van der Waals surface area contributed by atoms with Gasteiger partial charge in [-0.25, -0.2) is 0 Å². The minimum atomic E-state index is 0.260. The van der Waals surface area contributed by atoms with Crippen molar-refractivity contribution in [1.29, 1.82) is 0 Å². The molecule has 0 N–H and O–H groups in total. The maximum Gasteiger partial charge on any atom is -0.0129 e. The van der Waals surface area contributed by atoms with Crippen LogP contribution in [0.25, 0.3) is 0 Å². The van der Waals surface area contributed by atoms with Crippen molar-refractivity contribution >= 4 is 0 Å². The highest BCUT2D eigenvalue weighted by Crippen LogP contribution is 2.40. The predicted octanol–water partition coefficient (Wildman–Crippen LogP) is 23.8. The van der Waals surface area contributed by atoms with Gasteiger partial charge in [0, 0.05) is 0 Å². The molecule has 0 heterocycles. The summed E-state index contributed by atoms with van der Waals surface area (Å²) < 4.78 is 0. The summed E-state index contributed by atoms with van der Waals surface area (Å²) in [6.45, 7) is 73.1. The summed E-state index contributed by atoms with van der Waals surface area (Å²) in [7, 11) is 0. The Morgan fingerprint density at radius 1 is 0.227 bits per heavy atom. The standard InChI is InChI=1S/C18H28.C17H26.C14H22.C13H18.C5H12.4C2H6/c1-17(2,3)15-11-12-16(18(4,5)6)14-10-8-7-9-13(14)15;1-16(2,3)14-10-11-15(17(4,5)6)13-9-7-8-12(13)14;1-13(2,3)11-7-9-12(10-8-11)14(4,5)6;1-13(2,3)12-8-7-10-5-4-6-11(10)9-12;1-5(2,3)4;4*1-2/h11-12H,7-10H2,1-6H3;10-11H,7-9H2,1-6H3;7-10H,1-6H3;7-9H,4-6H2,1-3H3;1-4H3;4*1-2H3. The molecule has 4 aromatic rings. The molecule has 0 radical (unpaired) electrons. The molecule has 0 unspecified atom stereocenters. The van der Waals surface area contributed by atoms with Gasteiger partial charge < -0.3 is 0 Å². The number of hydrogen-bond donors (Lipinski definition) is 0. The fraction of sp³-hybridized carbons (Fsp3) is 0.680. The predicted molar refractivity (Wildman–Crippen MR) is 348 cm³/mol. The lowest BCUT2D eigenvalue weighted by Crippen LogP contribution is -2.23. The molecule has 0 atom stereocenters. The quantitative estimate of drug-likeness (QED) is 0.165. The molecule has 75 heavy (non-hydrogen) atoms. The van der Waals surface area contributed by atoms with E-state index in [9.17, 15) is 0 Å². The lowest BCUT2D eigenvalue weighted by Gasteiger charge is -2.33. The van der Waals surface area contributed by atoms with Crippen LogP contribution in [0.5, 0.6) is 0 Å². The Kier molecular flexibility index (Phi) is 31.0. The zero-order chi connectivity index (χ0) is 59.4. The Labute approximate surface area is 472 Å². The van der Waals surface area contributed by atoms with Crippen molar-refractivity contribution in [2.24, 2.45) is 5.41 Å². The number of fused-ring (bicyclic) bond motifs is 3. The van der Waals surface area contributed by atoms with Crippen LogP contribution in [0.2, 0.25) is 0 Å². The zero-order valence-electron chi connectivity index (χ0n) is 56.9. The van der Waals surface area contributed by atoms with Gasteiger partial charge >= 0.3 is 0 Å². The van der Waals surface area contributed by atoms with E-state index in [-0.39, 0.29) is 32.5 Å². The van der Waals surface area contributed by atoms with Gasteiger partial charge in [-0.1, -0.05) is 295 Å². The van der Waals surface area contributed by atoms with E-state index >= 15 is 0 Å². The van der Waals surface area contributed by atoms with E-state index in [0.717, 1.165) is 0 Å². The Morgan fingerprint density at radius 3 is 0.680 bits per heavy atom. The van der Waals surface area contributed by atoms with E-state index in [1.807, 2.05) is 55.4 Å². The van der Waals surface area contributed by atoms with Crippen molar-refractivity contribution in [3.05, 3.63) is 139 Å². The molecule has 0 aromatic heterocycles. The van der Waals surface area contributed by atoms with Crippen LogP contribution in [0.3, 0.4) is 0 Å². The normalized spacial score (nSPS) is 13.9. The summed E-state index contributed by atoms with van der Waals surface area (Å²) in [5, 5.41) is 0. The van der Waals surface area contributed by atoms with Crippen LogP contribution >= 0.6 is 0 Å². The monoisotopic (exact) mass is 1030 g/mol. The van der Waals surface area contributed by atoms with E-state index in [4.69, 9.17) is 0 Å². The molecule has 0 saturated carbocycles. The fourth-order valence-electron chi connectivity index (χ4n) is 9.89. The summed E-state index contributed by atoms with van der Waals surface area (Å²) in [6, 6.07) is 25.6. The molecular weight excluding hydrogens is 901 g/mol. The topological polar surface area (TPSA) is 0 Å². The third-order valence-electron chi connectivity index (χ3n) is 13.6. The van der Waals surface area contributed by atoms with Gasteiger partial charge in [-0.15, -0.1) is 0 Å². The minimum absolute atomic E-state index is 0.260. The highest BCUT2D eigenvalue weighted by atomic mass is 14.3. The van der Waals surface area contributed by atoms with E-state index in [0.29, 0.717) is 10.8 Å². The van der Waals surface area contributed by atoms with Crippen molar-refractivity contribution in [2.75, 3.05) is 0 Å². The van der Waals surface area contributed by atoms with Crippen LogP contribution in [0.4, 0.5) is 0 Å². The van der Waals surface area contributed by atoms with Gasteiger partial charge in [0.1, 0.15) is 0 Å². The van der Waals surface area contributed by atoms with Crippen molar-refractivity contribution in [3.63, 3.8) is 0 Å². The van der Waals surface area contributed by atoms with Gasteiger partial charge in [-0.2, -0.15) is 0 Å². The first-order valence-electron chi connectivity index (χ1n) is 30.8. The SMILES string of the molecule is CC.CC.CC.CC.CC(C)(C)C.CC(C)(C)c1ccc(C(C)(C)C)c2c1CCC2.CC(C)(C)c1ccc(C(C)(C)C)c2c1CCCC2.CC(C)(C)c1ccc(C(C)(C)C)cc1.CC(C)(C)c1ccc2c(c1)CCC2. The Morgan fingerprint density at radius 2 is 0.440 bits per heavy atom. The van der Waals surface area contributed by atoms with E-state index in [1.165, 1.54) is 80.9 Å². The van der Waals surface area contributed by atoms with Gasteiger partial charge in [-0.3, -0.25) is 0 Å². The maximum atomic E-state index is 2.41. The van der Waals surface area contributed by atoms with Gasteiger partial charge in [0.05, 0.1) is 0 Å². The maximum absolute atomic E-state index is 2.41. The molecule has 0 aliphatic heterocycles. The first kappa shape index (κ1) is 74.0. The van der Waals surface area contributed by atoms with E-state index in [2.05, 4.69) is 240 Å². The first-order valence-corrected chi connectivity index (χ1v) is 30.8. The number of aryl methyl sites for hydroxylation is 2. The molecule has 0 nitrogen and oxygen atoms in total. The van der Waals surface area contributed by atoms with Crippen molar-refractivity contribution in [1.82, 2.24) is 0 Å². The molecule has 0 spiro atoms. The molecule has 0 bridgehead atoms. The van der Waals surface area contributed by atoms with Crippen molar-refractivity contribution in [2.45, 2.75) is 331 Å².